The van der Waals surface area contributed by atoms with Crippen molar-refractivity contribution in [2.24, 2.45) is 0 Å². The minimum atomic E-state index is 0.588. The Bertz CT molecular complexity index is 544. The van der Waals surface area contributed by atoms with Gasteiger partial charge in [0.25, 0.3) is 0 Å². The predicted molar refractivity (Wildman–Crippen MR) is 61.9 cm³/mol. The number of aromatic nitrogens is 1. The van der Waals surface area contributed by atoms with Crippen LogP contribution in [-0.4, -0.2) is 4.98 Å². The van der Waals surface area contributed by atoms with Crippen molar-refractivity contribution in [3.8, 4) is 6.07 Å². The lowest BCUT2D eigenvalue weighted by Gasteiger charge is -2.02. The number of nitrogens with zero attached hydrogens (tertiary/aromatic N) is 2. The molecule has 1 heterocycles. The van der Waals surface area contributed by atoms with Gasteiger partial charge in [0.2, 0.25) is 0 Å². The zero-order chi connectivity index (χ0) is 10.1. The third-order valence-corrected chi connectivity index (χ3v) is 3.03. The number of hydrogen-bond acceptors (Lipinski definition) is 2. The monoisotopic (exact) mass is 310 g/mol. The lowest BCUT2D eigenvalue weighted by molar-refractivity contribution is 1.33. The Morgan fingerprint density at radius 3 is 2.64 bits per heavy atom. The topological polar surface area (TPSA) is 36.7 Å². The Hall–Kier alpha value is -0.920. The number of nitriles is 1. The standard InChI is InChI=1S/C10H4Br2N2/c11-7-1-8-6(3-13)4-14-5-9(8)10(12)2-7/h1-2,4-5H. The van der Waals surface area contributed by atoms with Gasteiger partial charge >= 0.3 is 0 Å². The molecule has 0 aliphatic heterocycles. The SMILES string of the molecule is N#Cc1cncc2c(Br)cc(Br)cc12. The first-order valence-corrected chi connectivity index (χ1v) is 5.44. The minimum absolute atomic E-state index is 0.588. The van der Waals surface area contributed by atoms with E-state index >= 15 is 0 Å². The van der Waals surface area contributed by atoms with Crippen molar-refractivity contribution in [1.82, 2.24) is 4.98 Å². The molecule has 68 valence electrons. The summed E-state index contributed by atoms with van der Waals surface area (Å²) in [6.45, 7) is 0. The molecule has 1 aromatic carbocycles. The fourth-order valence-corrected chi connectivity index (χ4v) is 2.61. The lowest BCUT2D eigenvalue weighted by Crippen LogP contribution is -1.83. The molecule has 0 N–H and O–H groups in total. The second kappa shape index (κ2) is 3.68. The normalized spacial score (nSPS) is 10.1. The summed E-state index contributed by atoms with van der Waals surface area (Å²) < 4.78 is 1.88. The van der Waals surface area contributed by atoms with Crippen molar-refractivity contribution in [2.75, 3.05) is 0 Å². The average molecular weight is 312 g/mol. The minimum Gasteiger partial charge on any atom is -0.263 e. The molecule has 0 saturated heterocycles. The van der Waals surface area contributed by atoms with E-state index in [4.69, 9.17) is 5.26 Å². The number of halogens is 2. The Morgan fingerprint density at radius 2 is 1.93 bits per heavy atom. The highest BCUT2D eigenvalue weighted by molar-refractivity contribution is 9.11. The second-order valence-corrected chi connectivity index (χ2v) is 4.55. The summed E-state index contributed by atoms with van der Waals surface area (Å²) in [5.74, 6) is 0. The molecule has 0 amide bonds. The van der Waals surface area contributed by atoms with Crippen LogP contribution in [0.2, 0.25) is 0 Å². The van der Waals surface area contributed by atoms with Crippen LogP contribution in [0.4, 0.5) is 0 Å². The molecule has 0 radical (unpaired) electrons. The first-order valence-electron chi connectivity index (χ1n) is 3.85. The number of hydrogen-bond donors (Lipinski definition) is 0. The van der Waals surface area contributed by atoms with Crippen LogP contribution in [0.5, 0.6) is 0 Å². The molecular formula is C10H4Br2N2. The van der Waals surface area contributed by atoms with Gasteiger partial charge in [0.05, 0.1) is 5.56 Å². The molecule has 0 spiro atoms. The van der Waals surface area contributed by atoms with Crippen LogP contribution in [-0.2, 0) is 0 Å². The highest BCUT2D eigenvalue weighted by Gasteiger charge is 2.05. The Balaban J connectivity index is 2.95. The molecule has 2 nitrogen and oxygen atoms in total. The molecule has 0 saturated carbocycles. The third-order valence-electron chi connectivity index (χ3n) is 1.91. The van der Waals surface area contributed by atoms with Crippen molar-refractivity contribution in [1.29, 1.82) is 5.26 Å². The fraction of sp³-hybridized carbons (Fsp3) is 0. The summed E-state index contributed by atoms with van der Waals surface area (Å²) in [5, 5.41) is 10.8. The maximum atomic E-state index is 8.90. The van der Waals surface area contributed by atoms with E-state index < -0.39 is 0 Å². The highest BCUT2D eigenvalue weighted by Crippen LogP contribution is 2.29. The molecule has 4 heteroatoms. The highest BCUT2D eigenvalue weighted by atomic mass is 79.9. The number of pyridine rings is 1. The number of fused-ring (bicyclic) bond motifs is 1. The summed E-state index contributed by atoms with van der Waals surface area (Å²) in [4.78, 5) is 4.01. The number of benzene rings is 1. The van der Waals surface area contributed by atoms with Crippen LogP contribution in [0.25, 0.3) is 10.8 Å². The molecule has 0 aliphatic rings. The van der Waals surface area contributed by atoms with E-state index in [1.165, 1.54) is 0 Å². The van der Waals surface area contributed by atoms with Crippen molar-refractivity contribution in [2.45, 2.75) is 0 Å². The van der Waals surface area contributed by atoms with E-state index in [1.54, 1.807) is 12.4 Å². The van der Waals surface area contributed by atoms with Gasteiger partial charge in [-0.3, -0.25) is 4.98 Å². The molecule has 14 heavy (non-hydrogen) atoms. The second-order valence-electron chi connectivity index (χ2n) is 2.78. The van der Waals surface area contributed by atoms with Crippen molar-refractivity contribution in [3.63, 3.8) is 0 Å². The predicted octanol–water partition coefficient (Wildman–Crippen LogP) is 3.63. The maximum Gasteiger partial charge on any atom is 0.101 e. The van der Waals surface area contributed by atoms with Gasteiger partial charge < -0.3 is 0 Å². The van der Waals surface area contributed by atoms with Crippen LogP contribution >= 0.6 is 31.9 Å². The van der Waals surface area contributed by atoms with Gasteiger partial charge in [-0.1, -0.05) is 31.9 Å². The molecule has 2 aromatic rings. The van der Waals surface area contributed by atoms with Crippen LogP contribution < -0.4 is 0 Å². The van der Waals surface area contributed by atoms with Crippen molar-refractivity contribution < 1.29 is 0 Å². The fourth-order valence-electron chi connectivity index (χ4n) is 1.28. The van der Waals surface area contributed by atoms with Crippen LogP contribution in [0.1, 0.15) is 5.56 Å². The molecule has 0 fully saturated rings. The first kappa shape index (κ1) is 9.63. The van der Waals surface area contributed by atoms with Gasteiger partial charge in [-0.05, 0) is 12.1 Å². The van der Waals surface area contributed by atoms with Crippen LogP contribution in [0.15, 0.2) is 33.5 Å². The molecule has 1 aromatic heterocycles. The van der Waals surface area contributed by atoms with E-state index in [0.29, 0.717) is 5.56 Å². The summed E-state index contributed by atoms with van der Waals surface area (Å²) >= 11 is 6.82. The summed E-state index contributed by atoms with van der Waals surface area (Å²) in [7, 11) is 0. The zero-order valence-electron chi connectivity index (χ0n) is 6.96. The third kappa shape index (κ3) is 1.54. The van der Waals surface area contributed by atoms with Crippen molar-refractivity contribution >= 4 is 42.6 Å². The van der Waals surface area contributed by atoms with Gasteiger partial charge in [0.15, 0.2) is 0 Å². The lowest BCUT2D eigenvalue weighted by atomic mass is 10.1. The Morgan fingerprint density at radius 1 is 1.14 bits per heavy atom. The molecule has 0 aliphatic carbocycles. The quantitative estimate of drug-likeness (QED) is 0.745. The van der Waals surface area contributed by atoms with Gasteiger partial charge in [0, 0.05) is 32.1 Å². The molecule has 0 atom stereocenters. The van der Waals surface area contributed by atoms with E-state index in [2.05, 4.69) is 42.9 Å². The smallest absolute Gasteiger partial charge is 0.101 e. The summed E-state index contributed by atoms with van der Waals surface area (Å²) in [5.41, 5.74) is 0.588. The Kier molecular flexibility index (Phi) is 2.53. The van der Waals surface area contributed by atoms with Gasteiger partial charge in [-0.2, -0.15) is 5.26 Å². The van der Waals surface area contributed by atoms with Gasteiger partial charge in [-0.15, -0.1) is 0 Å². The van der Waals surface area contributed by atoms with E-state index in [9.17, 15) is 0 Å². The first-order chi connectivity index (χ1) is 6.72. The summed E-state index contributed by atoms with van der Waals surface area (Å²) in [6.07, 6.45) is 3.31. The van der Waals surface area contributed by atoms with E-state index in [0.717, 1.165) is 19.7 Å². The van der Waals surface area contributed by atoms with Crippen LogP contribution in [0.3, 0.4) is 0 Å². The van der Waals surface area contributed by atoms with Crippen LogP contribution in [0, 0.1) is 11.3 Å². The molecule has 2 rings (SSSR count). The van der Waals surface area contributed by atoms with E-state index in [-0.39, 0.29) is 0 Å². The van der Waals surface area contributed by atoms with Gasteiger partial charge in [-0.25, -0.2) is 0 Å². The molecular weight excluding hydrogens is 308 g/mol. The van der Waals surface area contributed by atoms with Gasteiger partial charge in [0.1, 0.15) is 6.07 Å². The van der Waals surface area contributed by atoms with E-state index in [1.807, 2.05) is 12.1 Å². The largest absolute Gasteiger partial charge is 0.263 e. The van der Waals surface area contributed by atoms with Crippen molar-refractivity contribution in [3.05, 3.63) is 39.0 Å². The average Bonchev–Trinajstić information content (AvgIpc) is 2.17. The number of rotatable bonds is 0. The zero-order valence-corrected chi connectivity index (χ0v) is 10.1. The molecule has 0 bridgehead atoms. The maximum absolute atomic E-state index is 8.90. The summed E-state index contributed by atoms with van der Waals surface area (Å²) in [6, 6.07) is 5.97. The molecule has 0 unspecified atom stereocenters. The Labute approximate surface area is 97.8 Å².